The first kappa shape index (κ1) is 33.9. The Kier molecular flexibility index (Phi) is 16.9. The largest absolute Gasteiger partial charge is 1.00 e. The number of carbonyl (C=O) groups excluding carboxylic acids is 2. The van der Waals surface area contributed by atoms with Crippen molar-refractivity contribution in [1.82, 2.24) is 10.4 Å². The summed E-state index contributed by atoms with van der Waals surface area (Å²) in [4.78, 5) is 36.9. The van der Waals surface area contributed by atoms with Crippen LogP contribution in [-0.4, -0.2) is 41.2 Å². The van der Waals surface area contributed by atoms with Crippen molar-refractivity contribution >= 4 is 25.5 Å². The molecule has 1 aromatic rings. The van der Waals surface area contributed by atoms with Crippen LogP contribution in [0.5, 0.6) is 0 Å². The van der Waals surface area contributed by atoms with Crippen molar-refractivity contribution in [2.45, 2.75) is 52.8 Å². The maximum absolute atomic E-state index is 12.5. The zero-order valence-corrected chi connectivity index (χ0v) is 21.0. The van der Waals surface area contributed by atoms with Gasteiger partial charge in [-0.15, -0.1) is 0 Å². The number of aliphatic imine (C=N–C) groups is 1. The van der Waals surface area contributed by atoms with Gasteiger partial charge < -0.3 is 30.0 Å². The molecule has 33 heavy (non-hydrogen) atoms. The standard InChI is InChI=1S/C20H32N3O7P.2Li/c1-13(2)10-16(19(25)26)22-18(24)17(14(3)4)23-31(28,29)12-21-20(27)30-11-15-8-6-5-7-9-15;;/h5-9,13-14,16-17H,10-12H2,1-4H3,(H,21,27)(H,22,24)(H,25,26)(H2,23,28,29);;/q;2*+1/p-2/t16-,17-;;/m0../s1. The monoisotopic (exact) mass is 469 g/mol. The molecule has 1 rings (SSSR count). The van der Waals surface area contributed by atoms with Crippen LogP contribution in [0.4, 0.5) is 4.79 Å². The minimum atomic E-state index is -4.21. The van der Waals surface area contributed by atoms with E-state index in [9.17, 15) is 29.3 Å². The Bertz CT molecular complexity index is 810. The molecule has 1 aromatic carbocycles. The van der Waals surface area contributed by atoms with E-state index in [2.05, 4.69) is 15.4 Å². The van der Waals surface area contributed by atoms with Gasteiger partial charge in [-0.1, -0.05) is 58.0 Å². The van der Waals surface area contributed by atoms with Crippen LogP contribution in [0.3, 0.4) is 0 Å². The summed E-state index contributed by atoms with van der Waals surface area (Å²) in [6, 6.07) is 6.33. The van der Waals surface area contributed by atoms with Crippen LogP contribution in [0.1, 0.15) is 39.7 Å². The molecule has 0 fully saturated rings. The number of carboxylic acids is 1. The normalized spacial score (nSPS) is 14.9. The van der Waals surface area contributed by atoms with Gasteiger partial charge in [-0.25, -0.2) is 9.88 Å². The molecular formula is C20H30Li2N3O7P. The zero-order valence-electron chi connectivity index (χ0n) is 20.1. The number of amides is 1. The number of carboxylic acid groups (broad SMARTS) is 1. The average Bonchev–Trinajstić information content (AvgIpc) is 2.68. The molecule has 3 atom stereocenters. The molecule has 0 aromatic heterocycles. The van der Waals surface area contributed by atoms with Gasteiger partial charge in [0.05, 0.1) is 12.0 Å². The molecular weight excluding hydrogens is 439 g/mol. The summed E-state index contributed by atoms with van der Waals surface area (Å²) in [6.45, 7) is 6.77. The van der Waals surface area contributed by atoms with Crippen molar-refractivity contribution in [1.29, 1.82) is 0 Å². The van der Waals surface area contributed by atoms with E-state index in [1.807, 2.05) is 6.07 Å². The van der Waals surface area contributed by atoms with Crippen molar-refractivity contribution in [2.75, 3.05) is 6.29 Å². The first-order chi connectivity index (χ1) is 14.4. The van der Waals surface area contributed by atoms with E-state index < -0.39 is 49.8 Å². The van der Waals surface area contributed by atoms with E-state index in [0.717, 1.165) is 5.56 Å². The van der Waals surface area contributed by atoms with E-state index in [1.165, 1.54) is 0 Å². The molecule has 3 N–H and O–H groups in total. The van der Waals surface area contributed by atoms with Crippen molar-refractivity contribution in [3.63, 3.8) is 0 Å². The van der Waals surface area contributed by atoms with Crippen LogP contribution in [0, 0.1) is 11.8 Å². The first-order valence-electron chi connectivity index (χ1n) is 9.91. The Morgan fingerprint density at radius 2 is 1.70 bits per heavy atom. The van der Waals surface area contributed by atoms with E-state index in [4.69, 9.17) is 4.74 Å². The van der Waals surface area contributed by atoms with Gasteiger partial charge >= 0.3 is 43.8 Å². The summed E-state index contributed by atoms with van der Waals surface area (Å²) < 4.78 is 17.4. The number of hydrogen-bond acceptors (Lipinski definition) is 7. The number of nitrogens with zero attached hydrogens (tertiary/aromatic N) is 1. The fourth-order valence-corrected chi connectivity index (χ4v) is 3.86. The van der Waals surface area contributed by atoms with Crippen LogP contribution < -0.4 is 58.3 Å². The summed E-state index contributed by atoms with van der Waals surface area (Å²) in [5, 5.41) is 28.2. The van der Waals surface area contributed by atoms with E-state index in [-0.39, 0.29) is 56.7 Å². The van der Waals surface area contributed by atoms with Gasteiger partial charge in [-0.3, -0.25) is 9.56 Å². The first-order valence-corrected chi connectivity index (χ1v) is 11.8. The second-order valence-corrected chi connectivity index (χ2v) is 9.86. The Labute approximate surface area is 218 Å². The maximum atomic E-state index is 12.5. The van der Waals surface area contributed by atoms with Crippen molar-refractivity contribution in [3.8, 4) is 0 Å². The molecule has 13 heteroatoms. The molecule has 0 heterocycles. The summed E-state index contributed by atoms with van der Waals surface area (Å²) in [7, 11) is -4.21. The third-order valence-electron chi connectivity index (χ3n) is 4.17. The molecule has 1 unspecified atom stereocenters. The van der Waals surface area contributed by atoms with Crippen LogP contribution in [0.2, 0.25) is 0 Å². The van der Waals surface area contributed by atoms with Gasteiger partial charge in [0.15, 0.2) is 0 Å². The fraction of sp³-hybridized carbons (Fsp3) is 0.550. The molecule has 0 spiro atoms. The molecule has 10 nitrogen and oxygen atoms in total. The SMILES string of the molecule is CC(C)C[C@H](N=C([O-])[C@@H](NP(=O)(O)CNC(=O)OCc1ccccc1)C(C)C)C(=O)[O-].[Li+].[Li+]. The fourth-order valence-electron chi connectivity index (χ4n) is 2.58. The Morgan fingerprint density at radius 3 is 2.18 bits per heavy atom. The smallest absolute Gasteiger partial charge is 0.861 e. The number of benzene rings is 1. The van der Waals surface area contributed by atoms with Gasteiger partial charge in [0.25, 0.3) is 7.52 Å². The van der Waals surface area contributed by atoms with Crippen LogP contribution in [0.15, 0.2) is 35.3 Å². The molecule has 0 radical (unpaired) electrons. The summed E-state index contributed by atoms with van der Waals surface area (Å²) in [5.41, 5.74) is 0.749. The predicted molar refractivity (Wildman–Crippen MR) is 112 cm³/mol. The van der Waals surface area contributed by atoms with Gasteiger partial charge in [0.2, 0.25) is 0 Å². The number of hydrogen-bond donors (Lipinski definition) is 3. The third-order valence-corrected chi connectivity index (χ3v) is 5.44. The molecule has 174 valence electrons. The molecule has 0 saturated heterocycles. The van der Waals surface area contributed by atoms with Crippen LogP contribution >= 0.6 is 7.52 Å². The van der Waals surface area contributed by atoms with Crippen molar-refractivity contribution in [3.05, 3.63) is 35.9 Å². The predicted octanol–water partition coefficient (Wildman–Crippen LogP) is -5.40. The average molecular weight is 469 g/mol. The minimum absolute atomic E-state index is 0. The summed E-state index contributed by atoms with van der Waals surface area (Å²) >= 11 is 0. The Balaban J connectivity index is 0. The molecule has 0 saturated carbocycles. The second-order valence-electron chi connectivity index (χ2n) is 7.88. The van der Waals surface area contributed by atoms with Crippen molar-refractivity contribution in [2.24, 2.45) is 16.8 Å². The van der Waals surface area contributed by atoms with Gasteiger partial charge in [0.1, 0.15) is 12.9 Å². The summed E-state index contributed by atoms with van der Waals surface area (Å²) in [5.74, 6) is -2.87. The number of aliphatic carboxylic acids is 1. The van der Waals surface area contributed by atoms with Gasteiger partial charge in [0, 0.05) is 6.04 Å². The zero-order chi connectivity index (χ0) is 23.6. The number of rotatable bonds is 12. The quantitative estimate of drug-likeness (QED) is 0.118. The number of alkyl carbamates (subject to hydrolysis) is 1. The summed E-state index contributed by atoms with van der Waals surface area (Å²) in [6.07, 6.45) is -1.48. The Hall–Kier alpha value is -1.23. The van der Waals surface area contributed by atoms with Crippen LogP contribution in [-0.2, 0) is 20.7 Å². The Morgan fingerprint density at radius 1 is 1.12 bits per heavy atom. The number of ether oxygens (including phenoxy) is 1. The van der Waals surface area contributed by atoms with E-state index in [0.29, 0.717) is 0 Å². The minimum Gasteiger partial charge on any atom is -0.861 e. The van der Waals surface area contributed by atoms with E-state index >= 15 is 0 Å². The van der Waals surface area contributed by atoms with Gasteiger partial charge in [-0.05, 0) is 29.7 Å². The maximum Gasteiger partial charge on any atom is 1.00 e. The number of nitrogens with one attached hydrogen (secondary N) is 2. The third kappa shape index (κ3) is 13.9. The molecule has 0 bridgehead atoms. The molecule has 0 aliphatic rings. The molecule has 1 amide bonds. The molecule has 0 aliphatic carbocycles. The van der Waals surface area contributed by atoms with Crippen molar-refractivity contribution < 1.29 is 71.7 Å². The second kappa shape index (κ2) is 16.4. The van der Waals surface area contributed by atoms with Gasteiger partial charge in [-0.2, -0.15) is 0 Å². The molecule has 0 aliphatic heterocycles. The number of carbonyl (C=O) groups is 2. The van der Waals surface area contributed by atoms with Crippen LogP contribution in [0.25, 0.3) is 0 Å². The van der Waals surface area contributed by atoms with E-state index in [1.54, 1.807) is 52.0 Å². The topological polar surface area (TPSA) is 163 Å².